The Morgan fingerprint density at radius 1 is 1.19 bits per heavy atom. The van der Waals surface area contributed by atoms with Crippen LogP contribution in [0.1, 0.15) is 55.8 Å². The van der Waals surface area contributed by atoms with Gasteiger partial charge in [0.05, 0.1) is 0 Å². The van der Waals surface area contributed by atoms with Crippen LogP contribution in [0.4, 0.5) is 0 Å². The summed E-state index contributed by atoms with van der Waals surface area (Å²) in [5, 5.41) is 3.69. The zero-order valence-electron chi connectivity index (χ0n) is 14.3. The summed E-state index contributed by atoms with van der Waals surface area (Å²) in [5.41, 5.74) is 4.20. The summed E-state index contributed by atoms with van der Waals surface area (Å²) in [6.07, 6.45) is 4.11. The Morgan fingerprint density at radius 3 is 2.52 bits per heavy atom. The Balaban J connectivity index is 2.07. The molecule has 2 unspecified atom stereocenters. The van der Waals surface area contributed by atoms with E-state index in [1.54, 1.807) is 0 Å². The molecule has 118 valence electrons. The molecular formula is C19H32N2. The lowest BCUT2D eigenvalue weighted by molar-refractivity contribution is 0.157. The molecule has 0 amide bonds. The SMILES string of the molecule is CCNC(CN1CCCC(CC)C1)c1cc(C)cc(C)c1. The molecule has 0 spiro atoms. The molecule has 0 radical (unpaired) electrons. The molecule has 1 aromatic carbocycles. The average Bonchev–Trinajstić information content (AvgIpc) is 2.46. The van der Waals surface area contributed by atoms with Crippen LogP contribution in [0.2, 0.25) is 0 Å². The van der Waals surface area contributed by atoms with Crippen LogP contribution >= 0.6 is 0 Å². The Bertz CT molecular complexity index is 421. The van der Waals surface area contributed by atoms with Crippen molar-refractivity contribution in [2.24, 2.45) is 5.92 Å². The standard InChI is InChI=1S/C19H32N2/c1-5-17-8-7-9-21(13-17)14-19(20-6-2)18-11-15(3)10-16(4)12-18/h10-12,17,19-20H,5-9,13-14H2,1-4H3. The van der Waals surface area contributed by atoms with E-state index in [1.165, 1.54) is 49.0 Å². The maximum absolute atomic E-state index is 3.69. The van der Waals surface area contributed by atoms with Gasteiger partial charge in [-0.15, -0.1) is 0 Å². The van der Waals surface area contributed by atoms with Gasteiger partial charge in [-0.25, -0.2) is 0 Å². The van der Waals surface area contributed by atoms with Gasteiger partial charge >= 0.3 is 0 Å². The van der Waals surface area contributed by atoms with E-state index in [-0.39, 0.29) is 0 Å². The molecule has 1 N–H and O–H groups in total. The molecule has 0 aliphatic carbocycles. The van der Waals surface area contributed by atoms with Crippen LogP contribution in [0, 0.1) is 19.8 Å². The number of piperidine rings is 1. The lowest BCUT2D eigenvalue weighted by Crippen LogP contribution is -2.41. The van der Waals surface area contributed by atoms with Gasteiger partial charge in [-0.2, -0.15) is 0 Å². The van der Waals surface area contributed by atoms with E-state index >= 15 is 0 Å². The van der Waals surface area contributed by atoms with E-state index in [9.17, 15) is 0 Å². The summed E-state index contributed by atoms with van der Waals surface area (Å²) >= 11 is 0. The fourth-order valence-corrected chi connectivity index (χ4v) is 3.65. The number of likely N-dealkylation sites (tertiary alicyclic amines) is 1. The van der Waals surface area contributed by atoms with Crippen molar-refractivity contribution in [2.75, 3.05) is 26.2 Å². The van der Waals surface area contributed by atoms with Crippen molar-refractivity contribution in [3.05, 3.63) is 34.9 Å². The fraction of sp³-hybridized carbons (Fsp3) is 0.684. The van der Waals surface area contributed by atoms with Gasteiger partial charge in [-0.3, -0.25) is 0 Å². The van der Waals surface area contributed by atoms with E-state index in [2.05, 4.69) is 56.1 Å². The largest absolute Gasteiger partial charge is 0.309 e. The van der Waals surface area contributed by atoms with Gasteiger partial charge in [0.2, 0.25) is 0 Å². The van der Waals surface area contributed by atoms with Crippen LogP contribution < -0.4 is 5.32 Å². The third-order valence-electron chi connectivity index (χ3n) is 4.72. The first-order valence-electron chi connectivity index (χ1n) is 8.66. The molecule has 1 aliphatic rings. The van der Waals surface area contributed by atoms with Crippen molar-refractivity contribution < 1.29 is 0 Å². The molecule has 1 saturated heterocycles. The summed E-state index contributed by atoms with van der Waals surface area (Å²) in [6.45, 7) is 13.7. The maximum Gasteiger partial charge on any atom is 0.0449 e. The number of hydrogen-bond donors (Lipinski definition) is 1. The number of benzene rings is 1. The second-order valence-corrected chi connectivity index (χ2v) is 6.71. The van der Waals surface area contributed by atoms with E-state index in [1.807, 2.05) is 0 Å². The molecule has 1 aliphatic heterocycles. The lowest BCUT2D eigenvalue weighted by atomic mass is 9.94. The molecule has 1 heterocycles. The highest BCUT2D eigenvalue weighted by Gasteiger charge is 2.22. The van der Waals surface area contributed by atoms with Crippen LogP contribution in [-0.4, -0.2) is 31.1 Å². The Hall–Kier alpha value is -0.860. The summed E-state index contributed by atoms with van der Waals surface area (Å²) in [7, 11) is 0. The second kappa shape index (κ2) is 7.95. The second-order valence-electron chi connectivity index (χ2n) is 6.71. The van der Waals surface area contributed by atoms with Gasteiger partial charge in [0, 0.05) is 19.1 Å². The van der Waals surface area contributed by atoms with E-state index in [4.69, 9.17) is 0 Å². The smallest absolute Gasteiger partial charge is 0.0449 e. The Kier molecular flexibility index (Phi) is 6.25. The van der Waals surface area contributed by atoms with Gasteiger partial charge in [0.1, 0.15) is 0 Å². The third-order valence-corrected chi connectivity index (χ3v) is 4.72. The lowest BCUT2D eigenvalue weighted by Gasteiger charge is -2.35. The van der Waals surface area contributed by atoms with Gasteiger partial charge in [-0.1, -0.05) is 49.6 Å². The highest BCUT2D eigenvalue weighted by molar-refractivity contribution is 5.31. The van der Waals surface area contributed by atoms with Crippen LogP contribution in [0.15, 0.2) is 18.2 Å². The van der Waals surface area contributed by atoms with E-state index in [0.717, 1.165) is 19.0 Å². The third kappa shape index (κ3) is 4.82. The van der Waals surface area contributed by atoms with E-state index < -0.39 is 0 Å². The monoisotopic (exact) mass is 288 g/mol. The van der Waals surface area contributed by atoms with Gasteiger partial charge < -0.3 is 10.2 Å². The highest BCUT2D eigenvalue weighted by atomic mass is 15.2. The number of nitrogens with one attached hydrogen (secondary N) is 1. The first-order valence-corrected chi connectivity index (χ1v) is 8.66. The molecule has 2 atom stereocenters. The molecule has 1 aromatic rings. The van der Waals surface area contributed by atoms with Crippen molar-refractivity contribution in [3.63, 3.8) is 0 Å². The summed E-state index contributed by atoms with van der Waals surface area (Å²) in [4.78, 5) is 2.67. The Morgan fingerprint density at radius 2 is 1.90 bits per heavy atom. The zero-order chi connectivity index (χ0) is 15.2. The predicted octanol–water partition coefficient (Wildman–Crippen LogP) is 4.08. The molecule has 2 rings (SSSR count). The van der Waals surface area contributed by atoms with Crippen LogP contribution in [0.25, 0.3) is 0 Å². The molecule has 0 saturated carbocycles. The number of aryl methyl sites for hydroxylation is 2. The first kappa shape index (κ1) is 16.5. The van der Waals surface area contributed by atoms with Crippen LogP contribution in [-0.2, 0) is 0 Å². The Labute approximate surface area is 130 Å². The minimum absolute atomic E-state index is 0.462. The summed E-state index contributed by atoms with van der Waals surface area (Å²) in [6, 6.07) is 7.42. The van der Waals surface area contributed by atoms with Gasteiger partial charge in [-0.05, 0) is 51.3 Å². The molecule has 2 nitrogen and oxygen atoms in total. The summed E-state index contributed by atoms with van der Waals surface area (Å²) in [5.74, 6) is 0.903. The van der Waals surface area contributed by atoms with Crippen molar-refractivity contribution in [1.29, 1.82) is 0 Å². The normalized spacial score (nSPS) is 21.4. The predicted molar refractivity (Wildman–Crippen MR) is 91.8 cm³/mol. The van der Waals surface area contributed by atoms with Crippen molar-refractivity contribution in [3.8, 4) is 0 Å². The van der Waals surface area contributed by atoms with Gasteiger partial charge in [0.15, 0.2) is 0 Å². The summed E-state index contributed by atoms with van der Waals surface area (Å²) < 4.78 is 0. The van der Waals surface area contributed by atoms with Crippen LogP contribution in [0.5, 0.6) is 0 Å². The molecule has 1 fully saturated rings. The number of nitrogens with zero attached hydrogens (tertiary/aromatic N) is 1. The minimum Gasteiger partial charge on any atom is -0.309 e. The van der Waals surface area contributed by atoms with E-state index in [0.29, 0.717) is 6.04 Å². The molecular weight excluding hydrogens is 256 g/mol. The molecule has 0 bridgehead atoms. The van der Waals surface area contributed by atoms with Crippen molar-refractivity contribution in [1.82, 2.24) is 10.2 Å². The molecule has 0 aromatic heterocycles. The van der Waals surface area contributed by atoms with Crippen molar-refractivity contribution in [2.45, 2.75) is 53.0 Å². The number of hydrogen-bond acceptors (Lipinski definition) is 2. The topological polar surface area (TPSA) is 15.3 Å². The van der Waals surface area contributed by atoms with Gasteiger partial charge in [0.25, 0.3) is 0 Å². The zero-order valence-corrected chi connectivity index (χ0v) is 14.3. The molecule has 2 heteroatoms. The quantitative estimate of drug-likeness (QED) is 0.848. The highest BCUT2D eigenvalue weighted by Crippen LogP contribution is 2.23. The number of likely N-dealkylation sites (N-methyl/N-ethyl adjacent to an activating group) is 1. The maximum atomic E-state index is 3.69. The van der Waals surface area contributed by atoms with Crippen molar-refractivity contribution >= 4 is 0 Å². The molecule has 21 heavy (non-hydrogen) atoms. The average molecular weight is 288 g/mol. The first-order chi connectivity index (χ1) is 10.1. The number of rotatable bonds is 6. The minimum atomic E-state index is 0.462. The van der Waals surface area contributed by atoms with Crippen LogP contribution in [0.3, 0.4) is 0 Å². The fourth-order valence-electron chi connectivity index (χ4n) is 3.65.